The average Bonchev–Trinajstić information content (AvgIpc) is 2.50. The molecule has 0 bridgehead atoms. The van der Waals surface area contributed by atoms with Crippen LogP contribution in [0.25, 0.3) is 10.8 Å². The Labute approximate surface area is 126 Å². The summed E-state index contributed by atoms with van der Waals surface area (Å²) < 4.78 is 13.4. The zero-order valence-corrected chi connectivity index (χ0v) is 11.8. The molecular formula is C17H11ClFNO. The third-order valence-corrected chi connectivity index (χ3v) is 3.59. The first kappa shape index (κ1) is 13.7. The van der Waals surface area contributed by atoms with Crippen molar-refractivity contribution in [3.05, 3.63) is 76.8 Å². The number of Topliss-reactive ketones (excluding diaryl/α,β-unsaturated/α-hetero) is 1. The van der Waals surface area contributed by atoms with Crippen molar-refractivity contribution in [1.82, 2.24) is 4.98 Å². The number of halogens is 2. The van der Waals surface area contributed by atoms with Crippen LogP contribution in [-0.2, 0) is 6.42 Å². The van der Waals surface area contributed by atoms with Crippen LogP contribution in [0.1, 0.15) is 16.1 Å². The van der Waals surface area contributed by atoms with E-state index in [1.54, 1.807) is 12.3 Å². The molecule has 0 atom stereocenters. The van der Waals surface area contributed by atoms with Gasteiger partial charge in [0.1, 0.15) is 11.5 Å². The van der Waals surface area contributed by atoms with Crippen LogP contribution < -0.4 is 0 Å². The second kappa shape index (κ2) is 5.62. The monoisotopic (exact) mass is 299 g/mol. The van der Waals surface area contributed by atoms with Crippen LogP contribution in [0.15, 0.2) is 54.7 Å². The van der Waals surface area contributed by atoms with Crippen molar-refractivity contribution in [3.8, 4) is 0 Å². The number of fused-ring (bicyclic) bond motifs is 1. The standard InChI is InChI=1S/C17H11ClFNO/c18-14-6-5-11(9-15(14)19)10-16(21)17-13-4-2-1-3-12(13)7-8-20-17/h1-9H,10H2. The number of pyridine rings is 1. The molecule has 0 amide bonds. The number of nitrogens with zero attached hydrogens (tertiary/aromatic N) is 1. The van der Waals surface area contributed by atoms with Crippen LogP contribution in [0.3, 0.4) is 0 Å². The van der Waals surface area contributed by atoms with E-state index < -0.39 is 5.82 Å². The van der Waals surface area contributed by atoms with Crippen LogP contribution >= 0.6 is 11.6 Å². The van der Waals surface area contributed by atoms with Crippen molar-refractivity contribution in [3.63, 3.8) is 0 Å². The predicted octanol–water partition coefficient (Wildman–Crippen LogP) is 4.45. The Morgan fingerprint density at radius 3 is 2.76 bits per heavy atom. The van der Waals surface area contributed by atoms with E-state index in [0.717, 1.165) is 10.8 Å². The van der Waals surface area contributed by atoms with Gasteiger partial charge in [-0.05, 0) is 29.1 Å². The van der Waals surface area contributed by atoms with Crippen molar-refractivity contribution in [2.45, 2.75) is 6.42 Å². The molecular weight excluding hydrogens is 289 g/mol. The van der Waals surface area contributed by atoms with Gasteiger partial charge in [-0.1, -0.05) is 41.9 Å². The van der Waals surface area contributed by atoms with Crippen molar-refractivity contribution >= 4 is 28.2 Å². The van der Waals surface area contributed by atoms with Crippen LogP contribution in [0.5, 0.6) is 0 Å². The lowest BCUT2D eigenvalue weighted by atomic mass is 10.0. The number of carbonyl (C=O) groups is 1. The molecule has 104 valence electrons. The number of carbonyl (C=O) groups excluding carboxylic acids is 1. The van der Waals surface area contributed by atoms with Gasteiger partial charge < -0.3 is 0 Å². The summed E-state index contributed by atoms with van der Waals surface area (Å²) in [5.41, 5.74) is 0.986. The quantitative estimate of drug-likeness (QED) is 0.669. The summed E-state index contributed by atoms with van der Waals surface area (Å²) in [5.74, 6) is -0.665. The Hall–Kier alpha value is -2.26. The van der Waals surface area contributed by atoms with Crippen molar-refractivity contribution < 1.29 is 9.18 Å². The van der Waals surface area contributed by atoms with E-state index in [1.165, 1.54) is 12.1 Å². The summed E-state index contributed by atoms with van der Waals surface area (Å²) >= 11 is 5.64. The molecule has 0 aliphatic carbocycles. The SMILES string of the molecule is O=C(Cc1ccc(Cl)c(F)c1)c1nccc2ccccc12. The number of hydrogen-bond acceptors (Lipinski definition) is 2. The average molecular weight is 300 g/mol. The Morgan fingerprint density at radius 1 is 1.14 bits per heavy atom. The molecule has 21 heavy (non-hydrogen) atoms. The van der Waals surface area contributed by atoms with Crippen molar-refractivity contribution in [1.29, 1.82) is 0 Å². The van der Waals surface area contributed by atoms with Crippen LogP contribution in [-0.4, -0.2) is 10.8 Å². The molecule has 0 saturated heterocycles. The summed E-state index contributed by atoms with van der Waals surface area (Å²) in [5, 5.41) is 1.81. The zero-order chi connectivity index (χ0) is 14.8. The highest BCUT2D eigenvalue weighted by molar-refractivity contribution is 6.30. The third-order valence-electron chi connectivity index (χ3n) is 3.29. The molecule has 0 spiro atoms. The highest BCUT2D eigenvalue weighted by Crippen LogP contribution is 2.20. The topological polar surface area (TPSA) is 30.0 Å². The maximum atomic E-state index is 13.4. The predicted molar refractivity (Wildman–Crippen MR) is 81.2 cm³/mol. The van der Waals surface area contributed by atoms with E-state index in [9.17, 15) is 9.18 Å². The minimum absolute atomic E-state index is 0.0504. The molecule has 0 N–H and O–H groups in total. The molecule has 0 fully saturated rings. The Morgan fingerprint density at radius 2 is 1.95 bits per heavy atom. The van der Waals surface area contributed by atoms with E-state index >= 15 is 0 Å². The fraction of sp³-hybridized carbons (Fsp3) is 0.0588. The molecule has 1 aromatic heterocycles. The molecule has 0 saturated carbocycles. The third kappa shape index (κ3) is 2.78. The molecule has 0 unspecified atom stereocenters. The van der Waals surface area contributed by atoms with Gasteiger partial charge >= 0.3 is 0 Å². The molecule has 0 radical (unpaired) electrons. The molecule has 4 heteroatoms. The van der Waals surface area contributed by atoms with E-state index in [0.29, 0.717) is 11.3 Å². The largest absolute Gasteiger partial charge is 0.292 e. The number of hydrogen-bond donors (Lipinski definition) is 0. The van der Waals surface area contributed by atoms with Gasteiger partial charge in [0.05, 0.1) is 5.02 Å². The fourth-order valence-corrected chi connectivity index (χ4v) is 2.38. The zero-order valence-electron chi connectivity index (χ0n) is 11.0. The van der Waals surface area contributed by atoms with Crippen LogP contribution in [0, 0.1) is 5.82 Å². The summed E-state index contributed by atoms with van der Waals surface area (Å²) in [6, 6.07) is 13.8. The minimum Gasteiger partial charge on any atom is -0.292 e. The van der Waals surface area contributed by atoms with E-state index in [2.05, 4.69) is 4.98 Å². The van der Waals surface area contributed by atoms with Gasteiger partial charge in [-0.2, -0.15) is 0 Å². The van der Waals surface area contributed by atoms with Gasteiger partial charge in [0.15, 0.2) is 5.78 Å². The maximum Gasteiger partial charge on any atom is 0.186 e. The van der Waals surface area contributed by atoms with Gasteiger partial charge in [-0.25, -0.2) is 4.39 Å². The summed E-state index contributed by atoms with van der Waals surface area (Å²) in [4.78, 5) is 16.6. The number of benzene rings is 2. The van der Waals surface area contributed by atoms with E-state index in [1.807, 2.05) is 30.3 Å². The van der Waals surface area contributed by atoms with Crippen molar-refractivity contribution in [2.75, 3.05) is 0 Å². The first-order chi connectivity index (χ1) is 10.1. The maximum absolute atomic E-state index is 13.4. The number of aromatic nitrogens is 1. The van der Waals surface area contributed by atoms with Gasteiger partial charge in [0.25, 0.3) is 0 Å². The number of ketones is 1. The van der Waals surface area contributed by atoms with E-state index in [4.69, 9.17) is 11.6 Å². The number of rotatable bonds is 3. The molecule has 1 heterocycles. The lowest BCUT2D eigenvalue weighted by molar-refractivity contribution is 0.0990. The normalized spacial score (nSPS) is 10.8. The summed E-state index contributed by atoms with van der Waals surface area (Å²) in [6.45, 7) is 0. The molecule has 2 nitrogen and oxygen atoms in total. The van der Waals surface area contributed by atoms with Crippen LogP contribution in [0.2, 0.25) is 5.02 Å². The molecule has 0 aliphatic rings. The molecule has 3 rings (SSSR count). The Balaban J connectivity index is 1.95. The Bertz CT molecular complexity index is 827. The second-order valence-electron chi connectivity index (χ2n) is 4.73. The lowest BCUT2D eigenvalue weighted by Gasteiger charge is -2.05. The molecule has 3 aromatic rings. The highest BCUT2D eigenvalue weighted by atomic mass is 35.5. The van der Waals surface area contributed by atoms with Gasteiger partial charge in [-0.15, -0.1) is 0 Å². The minimum atomic E-state index is -0.521. The van der Waals surface area contributed by atoms with Crippen LogP contribution in [0.4, 0.5) is 4.39 Å². The van der Waals surface area contributed by atoms with Crippen molar-refractivity contribution in [2.24, 2.45) is 0 Å². The molecule has 0 aliphatic heterocycles. The fourth-order valence-electron chi connectivity index (χ4n) is 2.26. The van der Waals surface area contributed by atoms with Gasteiger partial charge in [0, 0.05) is 18.0 Å². The first-order valence-electron chi connectivity index (χ1n) is 6.46. The first-order valence-corrected chi connectivity index (χ1v) is 6.84. The lowest BCUT2D eigenvalue weighted by Crippen LogP contribution is -2.07. The van der Waals surface area contributed by atoms with Gasteiger partial charge in [-0.3, -0.25) is 9.78 Å². The van der Waals surface area contributed by atoms with Gasteiger partial charge in [0.2, 0.25) is 0 Å². The smallest absolute Gasteiger partial charge is 0.186 e. The Kier molecular flexibility index (Phi) is 3.67. The summed E-state index contributed by atoms with van der Waals surface area (Å²) in [7, 11) is 0. The summed E-state index contributed by atoms with van der Waals surface area (Å²) in [6.07, 6.45) is 1.70. The highest BCUT2D eigenvalue weighted by Gasteiger charge is 2.13. The molecule has 2 aromatic carbocycles. The van der Waals surface area contributed by atoms with E-state index in [-0.39, 0.29) is 17.2 Å². The second-order valence-corrected chi connectivity index (χ2v) is 5.14.